The number of carbonyl (C=O) groups is 1. The Morgan fingerprint density at radius 3 is 2.25 bits per heavy atom. The van der Waals surface area contributed by atoms with Gasteiger partial charge in [0.1, 0.15) is 5.75 Å². The fourth-order valence-electron chi connectivity index (χ4n) is 2.25. The average molecular weight is 301 g/mol. The molecule has 0 fully saturated rings. The van der Waals surface area contributed by atoms with Crippen molar-refractivity contribution in [3.8, 4) is 5.75 Å². The summed E-state index contributed by atoms with van der Waals surface area (Å²) in [5.41, 5.74) is 8.93. The zero-order chi connectivity index (χ0) is 14.6. The van der Waals surface area contributed by atoms with Crippen LogP contribution in [0.4, 0.5) is 0 Å². The van der Waals surface area contributed by atoms with Gasteiger partial charge in [0.25, 0.3) is 0 Å². The normalized spacial score (nSPS) is 11.5. The van der Waals surface area contributed by atoms with E-state index in [9.17, 15) is 4.79 Å². The number of amides is 1. The maximum Gasteiger partial charge on any atom is 0.224 e. The second kappa shape index (κ2) is 8.12. The predicted octanol–water partition coefficient (Wildman–Crippen LogP) is 2.43. The molecule has 1 atom stereocenters. The molecule has 5 heteroatoms. The second-order valence-corrected chi connectivity index (χ2v) is 5.19. The minimum atomic E-state index is -0.103. The van der Waals surface area contributed by atoms with E-state index in [2.05, 4.69) is 12.1 Å². The Bertz CT molecular complexity index is 438. The van der Waals surface area contributed by atoms with Crippen LogP contribution in [0.25, 0.3) is 0 Å². The Balaban J connectivity index is 0.00000361. The zero-order valence-corrected chi connectivity index (χ0v) is 13.7. The molecule has 0 saturated carbocycles. The van der Waals surface area contributed by atoms with Crippen LogP contribution in [0.3, 0.4) is 0 Å². The summed E-state index contributed by atoms with van der Waals surface area (Å²) in [6.45, 7) is 6.46. The lowest BCUT2D eigenvalue weighted by molar-refractivity contribution is -0.130. The van der Waals surface area contributed by atoms with E-state index < -0.39 is 0 Å². The number of halogens is 1. The summed E-state index contributed by atoms with van der Waals surface area (Å²) in [6.07, 6.45) is 0.380. The van der Waals surface area contributed by atoms with Gasteiger partial charge in [-0.3, -0.25) is 4.79 Å². The average Bonchev–Trinajstić information content (AvgIpc) is 2.27. The van der Waals surface area contributed by atoms with Crippen molar-refractivity contribution in [2.24, 2.45) is 5.73 Å². The molecule has 1 aromatic rings. The van der Waals surface area contributed by atoms with Gasteiger partial charge in [-0.25, -0.2) is 0 Å². The molecule has 0 spiro atoms. The van der Waals surface area contributed by atoms with Crippen molar-refractivity contribution in [2.45, 2.75) is 39.8 Å². The van der Waals surface area contributed by atoms with Crippen molar-refractivity contribution in [1.82, 2.24) is 4.90 Å². The molecule has 0 aliphatic carbocycles. The molecule has 4 nitrogen and oxygen atoms in total. The number of hydrogen-bond acceptors (Lipinski definition) is 3. The Hall–Kier alpha value is -1.26. The van der Waals surface area contributed by atoms with Gasteiger partial charge < -0.3 is 15.4 Å². The van der Waals surface area contributed by atoms with E-state index in [4.69, 9.17) is 10.5 Å². The number of carbonyl (C=O) groups excluding carboxylic acids is 1. The third-order valence-corrected chi connectivity index (χ3v) is 3.07. The van der Waals surface area contributed by atoms with E-state index in [0.717, 1.165) is 22.4 Å². The van der Waals surface area contributed by atoms with Gasteiger partial charge in [-0.1, -0.05) is 12.1 Å². The van der Waals surface area contributed by atoms with Crippen molar-refractivity contribution in [1.29, 1.82) is 0 Å². The lowest BCUT2D eigenvalue weighted by Gasteiger charge is -2.20. The van der Waals surface area contributed by atoms with Gasteiger partial charge in [0, 0.05) is 26.1 Å². The summed E-state index contributed by atoms with van der Waals surface area (Å²) in [7, 11) is 3.48. The van der Waals surface area contributed by atoms with E-state index in [0.29, 0.717) is 13.0 Å². The van der Waals surface area contributed by atoms with Gasteiger partial charge in [0.15, 0.2) is 0 Å². The van der Waals surface area contributed by atoms with Crippen molar-refractivity contribution in [3.63, 3.8) is 0 Å². The molecular formula is C15H25ClN2O2. The first-order valence-corrected chi connectivity index (χ1v) is 6.48. The first-order chi connectivity index (χ1) is 8.85. The molecule has 0 aromatic heterocycles. The van der Waals surface area contributed by atoms with Gasteiger partial charge >= 0.3 is 0 Å². The Morgan fingerprint density at radius 1 is 1.35 bits per heavy atom. The molecular weight excluding hydrogens is 276 g/mol. The number of hydrogen-bond donors (Lipinski definition) is 1. The third-order valence-electron chi connectivity index (χ3n) is 3.07. The number of nitrogens with two attached hydrogens (primary N) is 1. The number of rotatable bonds is 5. The van der Waals surface area contributed by atoms with E-state index in [1.807, 2.05) is 20.8 Å². The summed E-state index contributed by atoms with van der Waals surface area (Å²) in [5, 5.41) is 0. The molecule has 0 saturated heterocycles. The Labute approximate surface area is 127 Å². The number of ether oxygens (including phenoxy) is 1. The topological polar surface area (TPSA) is 55.6 Å². The lowest BCUT2D eigenvalue weighted by Crippen LogP contribution is -2.31. The van der Waals surface area contributed by atoms with Gasteiger partial charge in [-0.2, -0.15) is 0 Å². The Kier molecular flexibility index (Phi) is 7.61. The molecule has 0 aliphatic rings. The van der Waals surface area contributed by atoms with Crippen LogP contribution in [0.15, 0.2) is 12.1 Å². The second-order valence-electron chi connectivity index (χ2n) is 5.19. The monoisotopic (exact) mass is 300 g/mol. The smallest absolute Gasteiger partial charge is 0.224 e. The fraction of sp³-hybridized carbons (Fsp3) is 0.533. The summed E-state index contributed by atoms with van der Waals surface area (Å²) in [5.74, 6) is 0.981. The van der Waals surface area contributed by atoms with Crippen LogP contribution in [0.1, 0.15) is 30.0 Å². The highest BCUT2D eigenvalue weighted by molar-refractivity contribution is 5.85. The van der Waals surface area contributed by atoms with Crippen LogP contribution in [0.5, 0.6) is 5.75 Å². The van der Waals surface area contributed by atoms with Crippen LogP contribution < -0.4 is 10.5 Å². The molecule has 0 heterocycles. The van der Waals surface area contributed by atoms with Crippen LogP contribution in [-0.4, -0.2) is 31.0 Å². The maximum absolute atomic E-state index is 11.9. The summed E-state index contributed by atoms with van der Waals surface area (Å²) in [6, 6.07) is 4.01. The minimum absolute atomic E-state index is 0. The minimum Gasteiger partial charge on any atom is -0.496 e. The van der Waals surface area contributed by atoms with Crippen LogP contribution >= 0.6 is 12.4 Å². The van der Waals surface area contributed by atoms with Gasteiger partial charge in [-0.15, -0.1) is 12.4 Å². The van der Waals surface area contributed by atoms with E-state index in [1.54, 1.807) is 19.1 Å². The van der Waals surface area contributed by atoms with Crippen molar-refractivity contribution in [3.05, 3.63) is 28.8 Å². The van der Waals surface area contributed by atoms with Gasteiger partial charge in [0.05, 0.1) is 7.11 Å². The largest absolute Gasteiger partial charge is 0.496 e. The molecule has 1 amide bonds. The highest BCUT2D eigenvalue weighted by Gasteiger charge is 2.13. The van der Waals surface area contributed by atoms with Crippen molar-refractivity contribution < 1.29 is 9.53 Å². The molecule has 0 radical (unpaired) electrons. The maximum atomic E-state index is 11.9. The van der Waals surface area contributed by atoms with Crippen LogP contribution in [-0.2, 0) is 11.3 Å². The SMILES string of the molecule is COc1c(C)cc(CN(C)C(=O)CC(C)N)cc1C.Cl. The summed E-state index contributed by atoms with van der Waals surface area (Å²) in [4.78, 5) is 13.6. The molecule has 1 aromatic carbocycles. The number of methoxy groups -OCH3 is 1. The molecule has 0 aliphatic heterocycles. The summed E-state index contributed by atoms with van der Waals surface area (Å²) < 4.78 is 5.34. The highest BCUT2D eigenvalue weighted by atomic mass is 35.5. The highest BCUT2D eigenvalue weighted by Crippen LogP contribution is 2.24. The van der Waals surface area contributed by atoms with Crippen molar-refractivity contribution >= 4 is 18.3 Å². The lowest BCUT2D eigenvalue weighted by atomic mass is 10.1. The number of nitrogens with zero attached hydrogens (tertiary/aromatic N) is 1. The standard InChI is InChI=1S/C15H24N2O2.ClH/c1-10-6-13(7-11(2)15(10)19-5)9-17(4)14(18)8-12(3)16;/h6-7,12H,8-9,16H2,1-5H3;1H. The molecule has 0 bridgehead atoms. The fourth-order valence-corrected chi connectivity index (χ4v) is 2.25. The first-order valence-electron chi connectivity index (χ1n) is 6.48. The molecule has 1 unspecified atom stereocenters. The van der Waals surface area contributed by atoms with Crippen LogP contribution in [0.2, 0.25) is 0 Å². The number of benzene rings is 1. The van der Waals surface area contributed by atoms with E-state index in [1.165, 1.54) is 0 Å². The quantitative estimate of drug-likeness (QED) is 0.908. The number of aryl methyl sites for hydroxylation is 2. The predicted molar refractivity (Wildman–Crippen MR) is 84.5 cm³/mol. The Morgan fingerprint density at radius 2 is 1.85 bits per heavy atom. The molecule has 20 heavy (non-hydrogen) atoms. The first kappa shape index (κ1) is 18.7. The molecule has 2 N–H and O–H groups in total. The zero-order valence-electron chi connectivity index (χ0n) is 12.9. The van der Waals surface area contributed by atoms with Crippen molar-refractivity contribution in [2.75, 3.05) is 14.2 Å². The van der Waals surface area contributed by atoms with Gasteiger partial charge in [-0.05, 0) is 37.5 Å². The van der Waals surface area contributed by atoms with Crippen LogP contribution in [0, 0.1) is 13.8 Å². The molecule has 1 rings (SSSR count). The molecule has 114 valence electrons. The summed E-state index contributed by atoms with van der Waals surface area (Å²) >= 11 is 0. The van der Waals surface area contributed by atoms with E-state index in [-0.39, 0.29) is 24.4 Å². The van der Waals surface area contributed by atoms with Gasteiger partial charge in [0.2, 0.25) is 5.91 Å². The third kappa shape index (κ3) is 5.02. The van der Waals surface area contributed by atoms with E-state index >= 15 is 0 Å².